The number of fused-ring (bicyclic) bond motifs is 2. The molecule has 0 atom stereocenters. The number of thioether (sulfide) groups is 4. The zero-order valence-electron chi connectivity index (χ0n) is 80.7. The standard InChI is InChI=1S/C33H41N7O2S.C20H23BrN6O.C19H25NO2S.C14H20OS.C9H17Cl2NO2.C9H9NS/c1-37-19-14-27(15-20-37)38(2)31(42)24-6-10-26(11-7-24)34-32-35-30-29(5-4-18-40(30)36-32)39-21-16-33(23-41,17-22-39)25-8-12-28(43-3)13-9-25;1-25-12-9-16(10-13-25)26(2)19(28)14-5-7-15(8-6-14)22-20-23-18-17(21)4-3-11-27(18)24-20;1-18(2,3)22-17(21)14-10-12-19(20-4,13-11-14)15-6-8-16(23-5)9-7-15;1-16-13-7-5-12(6-8-13)14(11-15)9-3-2-4-10-14;1-9(2,3)14-8(13)12(6-4-10)7-5-11;1-10-7-8-3-5-9(11-2)6-4-8/h4-13,18,27,41H,14-17,19-23H2,1-3H3,(H,34,36);3-8,11,16H,9-10,12-13H2,1-2H3,(H,22,24);6-9,14H,10-13H2,1-3,5H3;5-8,15H,2-4,9-11H2,1H3;4-7H2,1-3H3;3-6H,7H2,2H3. The maximum Gasteiger partial charge on any atom is 0.410 e. The van der Waals surface area contributed by atoms with Crippen molar-refractivity contribution in [3.05, 3.63) is 243 Å². The largest absolute Gasteiger partial charge is 0.460 e. The van der Waals surface area contributed by atoms with Crippen LogP contribution in [0.25, 0.3) is 21.0 Å². The van der Waals surface area contributed by atoms with Crippen molar-refractivity contribution in [2.24, 2.45) is 5.92 Å². The number of piperidine rings is 3. The summed E-state index contributed by atoms with van der Waals surface area (Å²) in [5.41, 5.74) is 8.74. The van der Waals surface area contributed by atoms with Crippen LogP contribution in [-0.2, 0) is 37.2 Å². The zero-order chi connectivity index (χ0) is 97.5. The highest BCUT2D eigenvalue weighted by molar-refractivity contribution is 9.10. The summed E-state index contributed by atoms with van der Waals surface area (Å²) in [5.74, 6) is 1.71. The number of rotatable bonds is 24. The van der Waals surface area contributed by atoms with Crippen LogP contribution in [0.3, 0.4) is 0 Å². The lowest BCUT2D eigenvalue weighted by molar-refractivity contribution is -0.161. The second-order valence-electron chi connectivity index (χ2n) is 37.0. The number of hydrogen-bond donors (Lipinski definition) is 4. The summed E-state index contributed by atoms with van der Waals surface area (Å²) in [5, 5.41) is 35.8. The number of nitrogens with zero attached hydrogens (tertiary/aromatic N) is 14. The Hall–Kier alpha value is -9.08. The number of hydrogen-bond acceptors (Lipinski definition) is 21. The van der Waals surface area contributed by atoms with E-state index in [4.69, 9.17) is 50.8 Å². The first-order valence-electron chi connectivity index (χ1n) is 46.4. The van der Waals surface area contributed by atoms with E-state index in [2.05, 4.69) is 172 Å². The average molecular weight is 2020 g/mol. The molecule has 4 N–H and O–H groups in total. The van der Waals surface area contributed by atoms with Crippen LogP contribution in [0.5, 0.6) is 0 Å². The van der Waals surface area contributed by atoms with Gasteiger partial charge in [-0.1, -0.05) is 55.7 Å². The van der Waals surface area contributed by atoms with Gasteiger partial charge in [0.25, 0.3) is 17.4 Å². The van der Waals surface area contributed by atoms with E-state index in [1.165, 1.54) is 54.9 Å². The van der Waals surface area contributed by atoms with Gasteiger partial charge in [0.15, 0.2) is 11.3 Å². The van der Waals surface area contributed by atoms with Crippen molar-refractivity contribution in [2.45, 2.75) is 204 Å². The molecule has 0 spiro atoms. The molecule has 3 aliphatic heterocycles. The minimum Gasteiger partial charge on any atom is -0.460 e. The number of esters is 1. The molecule has 135 heavy (non-hydrogen) atoms. The van der Waals surface area contributed by atoms with E-state index in [-0.39, 0.29) is 53.3 Å². The van der Waals surface area contributed by atoms with Crippen LogP contribution in [0.4, 0.5) is 33.8 Å². The molecule has 6 aromatic carbocycles. The molecule has 724 valence electrons. The van der Waals surface area contributed by atoms with E-state index in [9.17, 15) is 29.4 Å². The van der Waals surface area contributed by atoms with E-state index in [1.807, 2.05) is 181 Å². The van der Waals surface area contributed by atoms with E-state index in [0.29, 0.717) is 67.1 Å². The maximum atomic E-state index is 13.1. The molecule has 3 amide bonds. The Morgan fingerprint density at radius 2 is 0.919 bits per heavy atom. The third-order valence-electron chi connectivity index (χ3n) is 25.6. The van der Waals surface area contributed by atoms with Crippen LogP contribution in [0.2, 0.25) is 0 Å². The molecule has 10 aromatic rings. The number of alkyl halides is 2. The van der Waals surface area contributed by atoms with Crippen molar-refractivity contribution >= 4 is 150 Å². The Labute approximate surface area is 835 Å². The predicted octanol–water partition coefficient (Wildman–Crippen LogP) is 22.5. The van der Waals surface area contributed by atoms with Gasteiger partial charge in [0.1, 0.15) is 11.2 Å². The Bertz CT molecular complexity index is 5460. The van der Waals surface area contributed by atoms with Gasteiger partial charge in [0.05, 0.1) is 29.3 Å². The molecule has 31 heteroatoms. The molecule has 2 saturated carbocycles. The van der Waals surface area contributed by atoms with Crippen molar-refractivity contribution in [3.63, 3.8) is 0 Å². The summed E-state index contributed by atoms with van der Waals surface area (Å²) >= 11 is 21.5. The molecule has 5 fully saturated rings. The molecule has 15 rings (SSSR count). The van der Waals surface area contributed by atoms with E-state index in [0.717, 1.165) is 160 Å². The first kappa shape index (κ1) is 108. The molecule has 0 unspecified atom stereocenters. The molecule has 5 aliphatic rings. The number of likely N-dealkylation sites (tertiary alicyclic amines) is 2. The number of pyridine rings is 2. The van der Waals surface area contributed by atoms with Gasteiger partial charge < -0.3 is 69.4 Å². The molecule has 2 aliphatic carbocycles. The number of nitrogens with one attached hydrogen (secondary N) is 2. The number of amides is 3. The van der Waals surface area contributed by atoms with Crippen LogP contribution >= 0.6 is 86.2 Å². The van der Waals surface area contributed by atoms with Crippen molar-refractivity contribution in [1.29, 1.82) is 0 Å². The fraction of sp³-hybridized carbons (Fsp3) is 0.481. The minimum absolute atomic E-state index is 0.0508. The van der Waals surface area contributed by atoms with Gasteiger partial charge >= 0.3 is 12.1 Å². The molecule has 7 heterocycles. The molecule has 3 saturated heterocycles. The topological polar surface area (TPSA) is 240 Å². The van der Waals surface area contributed by atoms with E-state index in [1.54, 1.807) is 56.1 Å². The third kappa shape index (κ3) is 31.0. The number of carbonyl (C=O) groups excluding carboxylic acids is 4. The SMILES string of the molecule is CC(C)(C)OC(=O)N(CCCl)CCCl.CN1CCC(N(C)C(=O)c2ccc(Nc3nc4c(Br)cccn4n3)cc2)CC1.CSc1ccc(C2(CO)CCCCC2)cc1.CSc1ccc(C2(CO)CCN(c3cccn4nc(Nc5ccc(C(=O)N(C)C6CCN(C)CC6)cc5)nc34)CC2)cc1.[C-]#[N+]C1(c2ccc(SC)cc2)CCC(C(=O)OC(C)(C)C)CC1.[C-]#[N+]Cc1ccc(SC)cc1. The average Bonchev–Trinajstić information content (AvgIpc) is 1.76. The van der Waals surface area contributed by atoms with E-state index >= 15 is 0 Å². The number of anilines is 5. The second-order valence-corrected chi connectivity index (χ2v) is 42.2. The number of aliphatic hydroxyl groups is 2. The quantitative estimate of drug-likeness (QED) is 0.0190. The molecule has 0 bridgehead atoms. The summed E-state index contributed by atoms with van der Waals surface area (Å²) in [7, 11) is 8.08. The third-order valence-corrected chi connectivity index (χ3v) is 29.5. The van der Waals surface area contributed by atoms with E-state index < -0.39 is 16.7 Å². The number of aromatic nitrogens is 6. The Kier molecular flexibility index (Phi) is 41.6. The summed E-state index contributed by atoms with van der Waals surface area (Å²) in [6, 6.07) is 57.3. The first-order chi connectivity index (χ1) is 64.8. The lowest BCUT2D eigenvalue weighted by Crippen LogP contribution is -2.45. The fourth-order valence-corrected chi connectivity index (χ4v) is 19.8. The summed E-state index contributed by atoms with van der Waals surface area (Å²) < 4.78 is 15.1. The predicted molar refractivity (Wildman–Crippen MR) is 559 cm³/mol. The van der Waals surface area contributed by atoms with Gasteiger partial charge in [-0.3, -0.25) is 14.4 Å². The number of ether oxygens (including phenoxy) is 2. The Morgan fingerprint density at radius 3 is 1.31 bits per heavy atom. The molecular formula is C104H135BrCl2N16O8S4. The lowest BCUT2D eigenvalue weighted by atomic mass is 9.70. The second kappa shape index (κ2) is 52.1. The van der Waals surface area contributed by atoms with Crippen LogP contribution in [0.15, 0.2) is 206 Å². The van der Waals surface area contributed by atoms with Crippen LogP contribution < -0.4 is 15.5 Å². The highest BCUT2D eigenvalue weighted by Crippen LogP contribution is 2.45. The van der Waals surface area contributed by atoms with Crippen molar-refractivity contribution in [1.82, 2.24) is 53.7 Å². The summed E-state index contributed by atoms with van der Waals surface area (Å²) in [6.45, 7) is 33.1. The number of carbonyl (C=O) groups is 4. The van der Waals surface area contributed by atoms with Crippen molar-refractivity contribution in [3.8, 4) is 0 Å². The highest BCUT2D eigenvalue weighted by atomic mass is 79.9. The number of benzene rings is 6. The molecular weight excluding hydrogens is 1880 g/mol. The smallest absolute Gasteiger partial charge is 0.410 e. The summed E-state index contributed by atoms with van der Waals surface area (Å²) in [6.07, 6.45) is 26.4. The minimum atomic E-state index is -0.478. The van der Waals surface area contributed by atoms with Gasteiger partial charge in [0.2, 0.25) is 18.4 Å². The normalized spacial score (nSPS) is 17.3. The zero-order valence-corrected chi connectivity index (χ0v) is 87.1. The lowest BCUT2D eigenvalue weighted by Gasteiger charge is -2.42. The van der Waals surface area contributed by atoms with Crippen LogP contribution in [0.1, 0.15) is 181 Å². The molecule has 24 nitrogen and oxygen atoms in total. The summed E-state index contributed by atoms with van der Waals surface area (Å²) in [4.78, 5) is 83.5. The van der Waals surface area contributed by atoms with Crippen LogP contribution in [0, 0.1) is 19.1 Å². The maximum absolute atomic E-state index is 13.1. The Morgan fingerprint density at radius 1 is 0.519 bits per heavy atom. The van der Waals surface area contributed by atoms with Crippen LogP contribution in [-0.4, -0.2) is 242 Å². The van der Waals surface area contributed by atoms with Crippen molar-refractivity contribution in [2.75, 3.05) is 146 Å². The highest BCUT2D eigenvalue weighted by Gasteiger charge is 2.46. The van der Waals surface area contributed by atoms with Gasteiger partial charge in [-0.25, -0.2) is 27.0 Å². The van der Waals surface area contributed by atoms with Gasteiger partial charge in [-0.15, -0.1) is 80.4 Å². The molecule has 0 radical (unpaired) electrons. The fourth-order valence-electron chi connectivity index (χ4n) is 17.4. The number of aliphatic hydroxyl groups excluding tert-OH is 2. The van der Waals surface area contributed by atoms with Gasteiger partial charge in [0, 0.05) is 153 Å². The Balaban J connectivity index is 0.000000179. The molecule has 4 aromatic heterocycles. The monoisotopic (exact) mass is 2010 g/mol. The first-order valence-corrected chi connectivity index (χ1v) is 53.1. The number of halogens is 3. The van der Waals surface area contributed by atoms with Crippen molar-refractivity contribution < 1.29 is 38.9 Å². The van der Waals surface area contributed by atoms with Gasteiger partial charge in [-0.05, 0) is 332 Å². The van der Waals surface area contributed by atoms with Gasteiger partial charge in [-0.2, -0.15) is 9.97 Å².